The zero-order chi connectivity index (χ0) is 29.7. The molecule has 4 heteroatoms. The second-order valence-electron chi connectivity index (χ2n) is 14.1. The van der Waals surface area contributed by atoms with Crippen LogP contribution in [0.4, 0.5) is 0 Å². The third-order valence-electron chi connectivity index (χ3n) is 9.39. The lowest BCUT2D eigenvalue weighted by molar-refractivity contribution is 0.561. The van der Waals surface area contributed by atoms with Gasteiger partial charge in [0.25, 0.3) is 0 Å². The fraction of sp³-hybridized carbons (Fsp3) is 0.833. The van der Waals surface area contributed by atoms with E-state index < -0.39 is 16.1 Å². The minimum Gasteiger partial charge on any atom is -0.0876 e. The molecule has 0 unspecified atom stereocenters. The SMILES string of the molecule is CCCCCCCCCCCC[Si](C)(C)c1cc(CBr)c([Si](C)(C)CCCCCCCCCCCC)cc1CBr. The lowest BCUT2D eigenvalue weighted by atomic mass is 10.1. The molecule has 0 radical (unpaired) electrons. The number of rotatable bonds is 26. The van der Waals surface area contributed by atoms with Gasteiger partial charge in [-0.3, -0.25) is 0 Å². The van der Waals surface area contributed by atoms with Gasteiger partial charge in [0.2, 0.25) is 0 Å². The van der Waals surface area contributed by atoms with Gasteiger partial charge < -0.3 is 0 Å². The van der Waals surface area contributed by atoms with Gasteiger partial charge in [0.1, 0.15) is 0 Å². The fourth-order valence-electron chi connectivity index (χ4n) is 6.55. The van der Waals surface area contributed by atoms with Crippen LogP contribution in [0.25, 0.3) is 0 Å². The Morgan fingerprint density at radius 1 is 0.425 bits per heavy atom. The van der Waals surface area contributed by atoms with Crippen LogP contribution < -0.4 is 10.4 Å². The van der Waals surface area contributed by atoms with Gasteiger partial charge in [-0.05, 0) is 11.1 Å². The van der Waals surface area contributed by atoms with Crippen molar-refractivity contribution in [3.8, 4) is 0 Å². The molecule has 0 saturated carbocycles. The molecule has 1 rings (SSSR count). The van der Waals surface area contributed by atoms with E-state index >= 15 is 0 Å². The van der Waals surface area contributed by atoms with Gasteiger partial charge in [0.05, 0.1) is 16.1 Å². The van der Waals surface area contributed by atoms with Gasteiger partial charge in [-0.25, -0.2) is 0 Å². The van der Waals surface area contributed by atoms with Crippen molar-refractivity contribution in [2.45, 2.75) is 191 Å². The predicted molar refractivity (Wildman–Crippen MR) is 199 cm³/mol. The van der Waals surface area contributed by atoms with Crippen LogP contribution in [0.3, 0.4) is 0 Å². The summed E-state index contributed by atoms with van der Waals surface area (Å²) in [6, 6.07) is 8.20. The summed E-state index contributed by atoms with van der Waals surface area (Å²) in [7, 11) is -2.91. The first-order chi connectivity index (χ1) is 19.2. The monoisotopic (exact) mass is 714 g/mol. The summed E-state index contributed by atoms with van der Waals surface area (Å²) >= 11 is 7.83. The van der Waals surface area contributed by atoms with Crippen molar-refractivity contribution in [1.29, 1.82) is 0 Å². The van der Waals surface area contributed by atoms with Gasteiger partial charge >= 0.3 is 0 Å². The number of alkyl halides is 2. The molecule has 0 aliphatic heterocycles. The van der Waals surface area contributed by atoms with E-state index in [-0.39, 0.29) is 0 Å². The first-order valence-electron chi connectivity index (χ1n) is 17.5. The van der Waals surface area contributed by atoms with Gasteiger partial charge in [0, 0.05) is 10.7 Å². The molecule has 1 aromatic rings. The first kappa shape index (κ1) is 38.6. The second kappa shape index (κ2) is 23.1. The van der Waals surface area contributed by atoms with E-state index in [9.17, 15) is 0 Å². The molecule has 0 aromatic heterocycles. The number of benzene rings is 1. The van der Waals surface area contributed by atoms with Gasteiger partial charge in [-0.2, -0.15) is 0 Å². The highest BCUT2D eigenvalue weighted by Gasteiger charge is 2.31. The summed E-state index contributed by atoms with van der Waals surface area (Å²) in [6.07, 6.45) is 28.6. The van der Waals surface area contributed by atoms with E-state index in [0.717, 1.165) is 10.7 Å². The Kier molecular flexibility index (Phi) is 22.3. The molecule has 1 aromatic carbocycles. The summed E-state index contributed by atoms with van der Waals surface area (Å²) in [5, 5.41) is 5.47. The molecule has 0 fully saturated rings. The molecule has 0 aliphatic carbocycles. The maximum atomic E-state index is 3.91. The zero-order valence-electron chi connectivity index (χ0n) is 27.9. The number of halogens is 2. The van der Waals surface area contributed by atoms with E-state index in [2.05, 4.69) is 84.0 Å². The Morgan fingerprint density at radius 3 is 0.925 bits per heavy atom. The topological polar surface area (TPSA) is 0 Å². The minimum absolute atomic E-state index is 1.01. The predicted octanol–water partition coefficient (Wildman–Crippen LogP) is 13.1. The molecule has 0 N–H and O–H groups in total. The van der Waals surface area contributed by atoms with Crippen molar-refractivity contribution in [2.75, 3.05) is 0 Å². The van der Waals surface area contributed by atoms with Crippen LogP contribution in [-0.2, 0) is 10.7 Å². The Hall–Kier alpha value is 0.614. The van der Waals surface area contributed by atoms with E-state index in [1.165, 1.54) is 141 Å². The van der Waals surface area contributed by atoms with Crippen LogP contribution in [-0.4, -0.2) is 16.1 Å². The molecular formula is C36H68Br2Si2. The number of hydrogen-bond acceptors (Lipinski definition) is 0. The van der Waals surface area contributed by atoms with Gasteiger partial charge in [-0.1, -0.05) is 235 Å². The standard InChI is InChI=1S/C36H68Br2Si2/c1-7-9-11-13-15-17-19-21-23-25-27-39(3,4)35-29-34(32-38)36(30-33(35)31-37)40(5,6)28-26-24-22-20-18-16-14-12-10-8-2/h29-30H,7-28,31-32H2,1-6H3. The largest absolute Gasteiger partial charge is 0.0876 e. The highest BCUT2D eigenvalue weighted by atomic mass is 79.9. The van der Waals surface area contributed by atoms with Crippen molar-refractivity contribution < 1.29 is 0 Å². The maximum Gasteiger partial charge on any atom is 0.0810 e. The van der Waals surface area contributed by atoms with Crippen molar-refractivity contribution in [1.82, 2.24) is 0 Å². The molecule has 0 saturated heterocycles. The number of hydrogen-bond donors (Lipinski definition) is 0. The van der Waals surface area contributed by atoms with Gasteiger partial charge in [-0.15, -0.1) is 0 Å². The highest BCUT2D eigenvalue weighted by Crippen LogP contribution is 2.24. The van der Waals surface area contributed by atoms with Crippen LogP contribution >= 0.6 is 31.9 Å². The average Bonchev–Trinajstić information content (AvgIpc) is 2.94. The summed E-state index contributed by atoms with van der Waals surface area (Å²) in [6.45, 7) is 15.1. The average molecular weight is 717 g/mol. The third-order valence-corrected chi connectivity index (χ3v) is 17.6. The molecule has 0 aliphatic rings. The second-order valence-corrected chi connectivity index (χ2v) is 24.8. The molecule has 234 valence electrons. The molecular weight excluding hydrogens is 648 g/mol. The normalized spacial score (nSPS) is 12.4. The minimum atomic E-state index is -1.46. The fourth-order valence-corrected chi connectivity index (χ4v) is 14.0. The van der Waals surface area contributed by atoms with Crippen molar-refractivity contribution in [3.63, 3.8) is 0 Å². The quantitative estimate of drug-likeness (QED) is 0.0509. The van der Waals surface area contributed by atoms with Crippen LogP contribution in [0.2, 0.25) is 38.3 Å². The van der Waals surface area contributed by atoms with Crippen LogP contribution in [0.15, 0.2) is 12.1 Å². The van der Waals surface area contributed by atoms with E-state index in [1.807, 2.05) is 0 Å². The Bertz CT molecular complexity index is 696. The van der Waals surface area contributed by atoms with Gasteiger partial charge in [0.15, 0.2) is 0 Å². The van der Waals surface area contributed by atoms with Crippen molar-refractivity contribution in [3.05, 3.63) is 23.3 Å². The molecule has 0 nitrogen and oxygen atoms in total. The summed E-state index contributed by atoms with van der Waals surface area (Å²) in [5.74, 6) is 0. The molecule has 0 bridgehead atoms. The molecule has 0 heterocycles. The van der Waals surface area contributed by atoms with E-state index in [4.69, 9.17) is 0 Å². The van der Waals surface area contributed by atoms with E-state index in [1.54, 1.807) is 21.5 Å². The van der Waals surface area contributed by atoms with Crippen LogP contribution in [0.1, 0.15) is 153 Å². The molecule has 0 spiro atoms. The van der Waals surface area contributed by atoms with Crippen LogP contribution in [0, 0.1) is 0 Å². The highest BCUT2D eigenvalue weighted by molar-refractivity contribution is 9.08. The third kappa shape index (κ3) is 15.9. The van der Waals surface area contributed by atoms with Crippen LogP contribution in [0.5, 0.6) is 0 Å². The maximum absolute atomic E-state index is 3.91. The Balaban J connectivity index is 2.60. The zero-order valence-corrected chi connectivity index (χ0v) is 33.1. The van der Waals surface area contributed by atoms with Crippen molar-refractivity contribution in [2.24, 2.45) is 0 Å². The molecule has 40 heavy (non-hydrogen) atoms. The Labute approximate surface area is 271 Å². The summed E-state index contributed by atoms with van der Waals surface area (Å²) in [5.41, 5.74) is 3.21. The lowest BCUT2D eigenvalue weighted by Crippen LogP contribution is -2.48. The summed E-state index contributed by atoms with van der Waals surface area (Å²) in [4.78, 5) is 0. The van der Waals surface area contributed by atoms with Crippen molar-refractivity contribution >= 4 is 58.4 Å². The molecule has 0 atom stereocenters. The summed E-state index contributed by atoms with van der Waals surface area (Å²) < 4.78 is 0. The lowest BCUT2D eigenvalue weighted by Gasteiger charge is -2.31. The Morgan fingerprint density at radius 2 is 0.675 bits per heavy atom. The first-order valence-corrected chi connectivity index (χ1v) is 26.2. The number of unbranched alkanes of at least 4 members (excludes halogenated alkanes) is 18. The molecule has 0 amide bonds. The smallest absolute Gasteiger partial charge is 0.0810 e. The van der Waals surface area contributed by atoms with E-state index in [0.29, 0.717) is 0 Å².